The highest BCUT2D eigenvalue weighted by atomic mass is 16.5. The SMILES string of the molecule is COC(=O)CC(=O)NC1CCN(c2ccccc2C(=O)NCC2CC2)CC1. The zero-order chi connectivity index (χ0) is 19.2. The maximum Gasteiger partial charge on any atom is 0.315 e. The van der Waals surface area contributed by atoms with Crippen molar-refractivity contribution < 1.29 is 19.1 Å². The Morgan fingerprint density at radius 3 is 2.48 bits per heavy atom. The van der Waals surface area contributed by atoms with E-state index < -0.39 is 5.97 Å². The predicted octanol–water partition coefficient (Wildman–Crippen LogP) is 1.47. The fourth-order valence-electron chi connectivity index (χ4n) is 3.34. The summed E-state index contributed by atoms with van der Waals surface area (Å²) in [6.07, 6.45) is 3.70. The van der Waals surface area contributed by atoms with Crippen LogP contribution in [0, 0.1) is 5.92 Å². The van der Waals surface area contributed by atoms with Gasteiger partial charge < -0.3 is 20.3 Å². The Labute approximate surface area is 159 Å². The summed E-state index contributed by atoms with van der Waals surface area (Å²) < 4.78 is 4.51. The highest BCUT2D eigenvalue weighted by Gasteiger charge is 2.26. The van der Waals surface area contributed by atoms with E-state index in [1.54, 1.807) is 0 Å². The molecule has 0 atom stereocenters. The number of ether oxygens (including phenoxy) is 1. The number of carbonyl (C=O) groups is 3. The van der Waals surface area contributed by atoms with Crippen LogP contribution in [0.1, 0.15) is 42.5 Å². The molecule has 0 radical (unpaired) electrons. The molecule has 7 nitrogen and oxygen atoms in total. The van der Waals surface area contributed by atoms with Crippen LogP contribution in [0.5, 0.6) is 0 Å². The summed E-state index contributed by atoms with van der Waals surface area (Å²) in [6, 6.07) is 7.70. The van der Waals surface area contributed by atoms with E-state index in [4.69, 9.17) is 0 Å². The summed E-state index contributed by atoms with van der Waals surface area (Å²) in [7, 11) is 1.27. The summed E-state index contributed by atoms with van der Waals surface area (Å²) in [6.45, 7) is 2.24. The molecule has 1 aromatic rings. The van der Waals surface area contributed by atoms with Crippen LogP contribution in [0.4, 0.5) is 5.69 Å². The Bertz CT molecular complexity index is 694. The molecule has 1 aromatic carbocycles. The molecule has 0 spiro atoms. The van der Waals surface area contributed by atoms with Crippen LogP contribution in [-0.4, -0.2) is 50.6 Å². The number of anilines is 1. The van der Waals surface area contributed by atoms with Gasteiger partial charge in [0, 0.05) is 31.4 Å². The van der Waals surface area contributed by atoms with Gasteiger partial charge in [-0.25, -0.2) is 0 Å². The molecule has 2 N–H and O–H groups in total. The lowest BCUT2D eigenvalue weighted by molar-refractivity contribution is -0.144. The normalized spacial score (nSPS) is 17.3. The topological polar surface area (TPSA) is 87.7 Å². The summed E-state index contributed by atoms with van der Waals surface area (Å²) in [5.41, 5.74) is 1.64. The summed E-state index contributed by atoms with van der Waals surface area (Å²) in [5.74, 6) is -0.215. The van der Waals surface area contributed by atoms with Crippen molar-refractivity contribution in [1.82, 2.24) is 10.6 Å². The zero-order valence-corrected chi connectivity index (χ0v) is 15.7. The molecule has 1 aliphatic heterocycles. The second kappa shape index (κ2) is 8.88. The molecule has 1 saturated heterocycles. The fourth-order valence-corrected chi connectivity index (χ4v) is 3.34. The minimum Gasteiger partial charge on any atom is -0.469 e. The van der Waals surface area contributed by atoms with Crippen molar-refractivity contribution in [3.8, 4) is 0 Å². The van der Waals surface area contributed by atoms with Gasteiger partial charge in [-0.15, -0.1) is 0 Å². The van der Waals surface area contributed by atoms with E-state index in [0.29, 0.717) is 11.5 Å². The van der Waals surface area contributed by atoms with Crippen molar-refractivity contribution in [3.63, 3.8) is 0 Å². The molecule has 1 saturated carbocycles. The van der Waals surface area contributed by atoms with Crippen LogP contribution < -0.4 is 15.5 Å². The van der Waals surface area contributed by atoms with Gasteiger partial charge in [0.25, 0.3) is 5.91 Å². The number of methoxy groups -OCH3 is 1. The second-order valence-corrected chi connectivity index (χ2v) is 7.25. The van der Waals surface area contributed by atoms with E-state index in [9.17, 15) is 14.4 Å². The van der Waals surface area contributed by atoms with Gasteiger partial charge in [-0.05, 0) is 43.7 Å². The van der Waals surface area contributed by atoms with Gasteiger partial charge in [-0.2, -0.15) is 0 Å². The van der Waals surface area contributed by atoms with Crippen molar-refractivity contribution in [2.75, 3.05) is 31.6 Å². The lowest BCUT2D eigenvalue weighted by atomic mass is 10.0. The van der Waals surface area contributed by atoms with E-state index >= 15 is 0 Å². The average molecular weight is 373 g/mol. The van der Waals surface area contributed by atoms with E-state index in [1.807, 2.05) is 24.3 Å². The monoisotopic (exact) mass is 373 g/mol. The molecule has 2 fully saturated rings. The van der Waals surface area contributed by atoms with Crippen LogP contribution in [0.15, 0.2) is 24.3 Å². The second-order valence-electron chi connectivity index (χ2n) is 7.25. The first-order valence-electron chi connectivity index (χ1n) is 9.55. The first-order chi connectivity index (χ1) is 13.1. The van der Waals surface area contributed by atoms with E-state index in [2.05, 4.69) is 20.3 Å². The summed E-state index contributed by atoms with van der Waals surface area (Å²) >= 11 is 0. The molecule has 1 heterocycles. The van der Waals surface area contributed by atoms with Crippen molar-refractivity contribution in [2.45, 2.75) is 38.1 Å². The van der Waals surface area contributed by atoms with Crippen LogP contribution in [-0.2, 0) is 14.3 Å². The van der Waals surface area contributed by atoms with Crippen LogP contribution in [0.3, 0.4) is 0 Å². The minimum absolute atomic E-state index is 0.0222. The molecule has 0 bridgehead atoms. The molecule has 1 aliphatic carbocycles. The van der Waals surface area contributed by atoms with Crippen molar-refractivity contribution in [2.24, 2.45) is 5.92 Å². The Morgan fingerprint density at radius 2 is 1.81 bits per heavy atom. The van der Waals surface area contributed by atoms with Crippen LogP contribution in [0.2, 0.25) is 0 Å². The highest BCUT2D eigenvalue weighted by molar-refractivity contribution is 5.99. The number of esters is 1. The number of hydrogen-bond donors (Lipinski definition) is 2. The standard InChI is InChI=1S/C20H27N3O4/c1-27-19(25)12-18(24)22-15-8-10-23(11-9-15)17-5-3-2-4-16(17)20(26)21-13-14-6-7-14/h2-5,14-15H,6-13H2,1H3,(H,21,26)(H,22,24). The number of nitrogens with one attached hydrogen (secondary N) is 2. The van der Waals surface area contributed by atoms with Gasteiger partial charge in [0.2, 0.25) is 5.91 Å². The minimum atomic E-state index is -0.531. The average Bonchev–Trinajstić information content (AvgIpc) is 3.51. The van der Waals surface area contributed by atoms with E-state index in [1.165, 1.54) is 20.0 Å². The van der Waals surface area contributed by atoms with Crippen molar-refractivity contribution >= 4 is 23.5 Å². The van der Waals surface area contributed by atoms with Gasteiger partial charge in [-0.3, -0.25) is 14.4 Å². The number of amides is 2. The smallest absolute Gasteiger partial charge is 0.315 e. The van der Waals surface area contributed by atoms with Gasteiger partial charge >= 0.3 is 5.97 Å². The third-order valence-corrected chi connectivity index (χ3v) is 5.13. The number of nitrogens with zero attached hydrogens (tertiary/aromatic N) is 1. The molecule has 27 heavy (non-hydrogen) atoms. The molecular formula is C20H27N3O4. The van der Waals surface area contributed by atoms with Crippen molar-refractivity contribution in [3.05, 3.63) is 29.8 Å². The fraction of sp³-hybridized carbons (Fsp3) is 0.550. The lowest BCUT2D eigenvalue weighted by Crippen LogP contribution is -2.45. The maximum atomic E-state index is 12.5. The molecule has 146 valence electrons. The first-order valence-corrected chi connectivity index (χ1v) is 9.55. The van der Waals surface area contributed by atoms with Crippen molar-refractivity contribution in [1.29, 1.82) is 0 Å². The number of rotatable bonds is 7. The molecule has 3 rings (SSSR count). The summed E-state index contributed by atoms with van der Waals surface area (Å²) in [5, 5.41) is 5.92. The van der Waals surface area contributed by atoms with Gasteiger partial charge in [0.1, 0.15) is 6.42 Å². The molecular weight excluding hydrogens is 346 g/mol. The molecule has 0 unspecified atom stereocenters. The quantitative estimate of drug-likeness (QED) is 0.558. The summed E-state index contributed by atoms with van der Waals surface area (Å²) in [4.78, 5) is 37.7. The zero-order valence-electron chi connectivity index (χ0n) is 15.7. The predicted molar refractivity (Wildman–Crippen MR) is 102 cm³/mol. The van der Waals surface area contributed by atoms with Gasteiger partial charge in [0.05, 0.1) is 12.7 Å². The van der Waals surface area contributed by atoms with E-state index in [-0.39, 0.29) is 24.3 Å². The Morgan fingerprint density at radius 1 is 1.11 bits per heavy atom. The third kappa shape index (κ3) is 5.45. The number of para-hydroxylation sites is 1. The molecule has 7 heteroatoms. The Balaban J connectivity index is 1.54. The largest absolute Gasteiger partial charge is 0.469 e. The van der Waals surface area contributed by atoms with Gasteiger partial charge in [0.15, 0.2) is 0 Å². The Hall–Kier alpha value is -2.57. The third-order valence-electron chi connectivity index (χ3n) is 5.13. The van der Waals surface area contributed by atoms with Crippen LogP contribution >= 0.6 is 0 Å². The number of carbonyl (C=O) groups excluding carboxylic acids is 3. The molecule has 2 aliphatic rings. The maximum absolute atomic E-state index is 12.5. The molecule has 0 aromatic heterocycles. The Kier molecular flexibility index (Phi) is 6.32. The molecule has 2 amide bonds. The highest BCUT2D eigenvalue weighted by Crippen LogP contribution is 2.28. The first kappa shape index (κ1) is 19.2. The number of benzene rings is 1. The van der Waals surface area contributed by atoms with E-state index in [0.717, 1.165) is 38.2 Å². The van der Waals surface area contributed by atoms with Crippen LogP contribution in [0.25, 0.3) is 0 Å². The number of hydrogen-bond acceptors (Lipinski definition) is 5. The lowest BCUT2D eigenvalue weighted by Gasteiger charge is -2.34. The number of piperidine rings is 1. The van der Waals surface area contributed by atoms with Gasteiger partial charge in [-0.1, -0.05) is 12.1 Å².